The first kappa shape index (κ1) is 51.7. The SMILES string of the molecule is C.C.CCC1(c2ccc(NC(=O)OCI)cc2)CCC(=O)NC1=O.CCC1(c2ccc(NC(=O)OCOC(=O)C(C)(C)NC(=O)OC(C)(C)C)cc2)CCC(=O)NC1=O. The normalized spacial score (nSPS) is 18.7. The van der Waals surface area contributed by atoms with Crippen molar-refractivity contribution in [3.8, 4) is 0 Å². The fourth-order valence-electron chi connectivity index (χ4n) is 6.16. The number of hydrogen-bond acceptors (Lipinski definition) is 12. The molecule has 2 unspecified atom stereocenters. The fourth-order valence-corrected chi connectivity index (χ4v) is 6.44. The molecule has 4 rings (SSSR count). The number of imide groups is 2. The maximum absolute atomic E-state index is 12.5. The van der Waals surface area contributed by atoms with Crippen molar-refractivity contribution in [2.75, 3.05) is 22.0 Å². The van der Waals surface area contributed by atoms with Gasteiger partial charge in [0.2, 0.25) is 30.4 Å². The fraction of sp³-hybridized carbons (Fsp3) is 0.512. The third-order valence-corrected chi connectivity index (χ3v) is 9.71. The van der Waals surface area contributed by atoms with Gasteiger partial charge in [-0.2, -0.15) is 0 Å². The number of carbonyl (C=O) groups excluding carboxylic acids is 8. The van der Waals surface area contributed by atoms with Gasteiger partial charge in [-0.15, -0.1) is 0 Å². The molecule has 0 saturated carbocycles. The molecule has 2 aromatic rings. The molecule has 0 bridgehead atoms. The van der Waals surface area contributed by atoms with E-state index in [4.69, 9.17) is 18.9 Å². The number of halogens is 1. The van der Waals surface area contributed by atoms with Crippen LogP contribution in [0.25, 0.3) is 0 Å². The van der Waals surface area contributed by atoms with Crippen molar-refractivity contribution in [1.82, 2.24) is 16.0 Å². The Labute approximate surface area is 359 Å². The smallest absolute Gasteiger partial charge is 0.414 e. The molecule has 2 atom stereocenters. The summed E-state index contributed by atoms with van der Waals surface area (Å²) < 4.78 is 20.0. The zero-order chi connectivity index (χ0) is 42.6. The Hall–Kier alpha value is -5.27. The van der Waals surface area contributed by atoms with Crippen LogP contribution in [0.3, 0.4) is 0 Å². The topological polar surface area (TPSA) is 234 Å². The maximum Gasteiger partial charge on any atom is 0.414 e. The first-order valence-electron chi connectivity index (χ1n) is 18.2. The lowest BCUT2D eigenvalue weighted by Crippen LogP contribution is -2.52. The molecule has 2 aliphatic heterocycles. The maximum atomic E-state index is 12.5. The number of alkyl halides is 1. The molecule has 7 amide bonds. The second-order valence-electron chi connectivity index (χ2n) is 14.8. The summed E-state index contributed by atoms with van der Waals surface area (Å²) in [5.74, 6) is -1.92. The number of benzene rings is 2. The minimum Gasteiger partial charge on any atom is -0.444 e. The summed E-state index contributed by atoms with van der Waals surface area (Å²) in [7, 11) is 0. The van der Waals surface area contributed by atoms with Gasteiger partial charge in [-0.05, 0) is 118 Å². The lowest BCUT2D eigenvalue weighted by molar-refractivity contribution is -0.158. The molecule has 0 spiro atoms. The van der Waals surface area contributed by atoms with Gasteiger partial charge in [0.25, 0.3) is 0 Å². The summed E-state index contributed by atoms with van der Waals surface area (Å²) in [4.78, 5) is 95.2. The highest BCUT2D eigenvalue weighted by atomic mass is 127. The first-order chi connectivity index (χ1) is 26.7. The van der Waals surface area contributed by atoms with Crippen LogP contribution in [0, 0.1) is 0 Å². The van der Waals surface area contributed by atoms with E-state index >= 15 is 0 Å². The van der Waals surface area contributed by atoms with Gasteiger partial charge in [0, 0.05) is 24.2 Å². The molecule has 326 valence electrons. The standard InChI is InChI=1S/C24H33N3O8.C15H17IN2O4.2CH4/c1-7-24(13-12-17(28)26-18(24)29)15-8-10-16(11-9-15)25-20(31)34-14-33-19(30)23(5,6)27-21(32)35-22(2,3)4;1-2-15(8-7-12(19)18-13(15)20)10-3-5-11(6-4-10)17-14(21)22-9-16;;/h8-11H,7,12-14H2,1-6H3,(H,25,31)(H,27,32)(H,26,28,29);3-6H,2,7-9H2,1H3,(H,17,21)(H,18,19,20);2*1H4. The van der Waals surface area contributed by atoms with Gasteiger partial charge in [0.1, 0.15) is 15.8 Å². The van der Waals surface area contributed by atoms with Gasteiger partial charge >= 0.3 is 24.2 Å². The van der Waals surface area contributed by atoms with Crippen molar-refractivity contribution >= 4 is 81.8 Å². The molecule has 0 aliphatic carbocycles. The molecular formula is C41H58IN5O12. The van der Waals surface area contributed by atoms with E-state index in [0.29, 0.717) is 43.5 Å². The van der Waals surface area contributed by atoms with Crippen molar-refractivity contribution in [3.05, 3.63) is 59.7 Å². The molecule has 2 aliphatic rings. The van der Waals surface area contributed by atoms with Crippen LogP contribution in [0.15, 0.2) is 48.5 Å². The van der Waals surface area contributed by atoms with E-state index in [1.54, 1.807) is 69.3 Å². The Bertz CT molecular complexity index is 1830. The van der Waals surface area contributed by atoms with Crippen LogP contribution in [0.5, 0.6) is 0 Å². The number of rotatable bonds is 11. The number of amides is 7. The quantitative estimate of drug-likeness (QED) is 0.0379. The van der Waals surface area contributed by atoms with Crippen LogP contribution in [0.4, 0.5) is 25.8 Å². The van der Waals surface area contributed by atoms with Crippen molar-refractivity contribution in [3.63, 3.8) is 0 Å². The van der Waals surface area contributed by atoms with Crippen LogP contribution in [0.1, 0.15) is 113 Å². The Kier molecular flexibility index (Phi) is 19.5. The molecule has 2 heterocycles. The third-order valence-electron chi connectivity index (χ3n) is 9.40. The molecule has 0 aromatic heterocycles. The van der Waals surface area contributed by atoms with Gasteiger partial charge < -0.3 is 24.3 Å². The molecular weight excluding hydrogens is 881 g/mol. The summed E-state index contributed by atoms with van der Waals surface area (Å²) in [6.07, 6.45) is 0.453. The molecule has 5 N–H and O–H groups in total. The summed E-state index contributed by atoms with van der Waals surface area (Å²) >= 11 is 1.94. The summed E-state index contributed by atoms with van der Waals surface area (Å²) in [5, 5.41) is 12.3. The van der Waals surface area contributed by atoms with Crippen LogP contribution in [-0.4, -0.2) is 70.4 Å². The van der Waals surface area contributed by atoms with Crippen LogP contribution >= 0.6 is 22.6 Å². The van der Waals surface area contributed by atoms with E-state index in [0.717, 1.165) is 11.1 Å². The number of anilines is 2. The average molecular weight is 940 g/mol. The second kappa shape index (κ2) is 22.2. The van der Waals surface area contributed by atoms with Crippen molar-refractivity contribution in [1.29, 1.82) is 0 Å². The second-order valence-corrected chi connectivity index (χ2v) is 15.4. The zero-order valence-corrected chi connectivity index (χ0v) is 35.2. The number of nitrogens with one attached hydrogen (secondary N) is 5. The predicted octanol–water partition coefficient (Wildman–Crippen LogP) is 7.11. The zero-order valence-electron chi connectivity index (χ0n) is 33.1. The van der Waals surface area contributed by atoms with Gasteiger partial charge in [-0.3, -0.25) is 40.4 Å². The summed E-state index contributed by atoms with van der Waals surface area (Å²) in [6, 6.07) is 13.7. The van der Waals surface area contributed by atoms with Gasteiger partial charge in [0.05, 0.1) is 10.8 Å². The van der Waals surface area contributed by atoms with Crippen LogP contribution in [-0.2, 0) is 53.8 Å². The Morgan fingerprint density at radius 1 is 0.661 bits per heavy atom. The molecule has 2 aromatic carbocycles. The minimum atomic E-state index is -1.41. The Morgan fingerprint density at radius 2 is 1.07 bits per heavy atom. The van der Waals surface area contributed by atoms with Crippen molar-refractivity contribution in [2.45, 2.75) is 124 Å². The van der Waals surface area contributed by atoms with Crippen molar-refractivity contribution in [2.24, 2.45) is 0 Å². The lowest BCUT2D eigenvalue weighted by Gasteiger charge is -2.35. The predicted molar refractivity (Wildman–Crippen MR) is 229 cm³/mol. The number of esters is 1. The first-order valence-corrected chi connectivity index (χ1v) is 19.7. The summed E-state index contributed by atoms with van der Waals surface area (Å²) in [5.41, 5.74) is -1.07. The van der Waals surface area contributed by atoms with Gasteiger partial charge in [0.15, 0.2) is 0 Å². The van der Waals surface area contributed by atoms with E-state index < -0.39 is 53.0 Å². The Morgan fingerprint density at radius 3 is 1.42 bits per heavy atom. The molecule has 0 radical (unpaired) electrons. The number of piperidine rings is 2. The number of alkyl carbamates (subject to hydrolysis) is 1. The third kappa shape index (κ3) is 14.2. The highest BCUT2D eigenvalue weighted by molar-refractivity contribution is 14.1. The average Bonchev–Trinajstić information content (AvgIpc) is 3.12. The number of hydrogen-bond donors (Lipinski definition) is 5. The molecule has 59 heavy (non-hydrogen) atoms. The van der Waals surface area contributed by atoms with Crippen molar-refractivity contribution < 1.29 is 57.3 Å². The van der Waals surface area contributed by atoms with E-state index in [-0.39, 0.29) is 49.5 Å². The number of ether oxygens (including phenoxy) is 4. The monoisotopic (exact) mass is 939 g/mol. The molecule has 17 nitrogen and oxygen atoms in total. The van der Waals surface area contributed by atoms with Gasteiger partial charge in [-0.1, -0.05) is 53.0 Å². The number of carbonyl (C=O) groups is 8. The largest absolute Gasteiger partial charge is 0.444 e. The van der Waals surface area contributed by atoms with E-state index in [1.165, 1.54) is 13.8 Å². The molecule has 18 heteroatoms. The molecule has 2 saturated heterocycles. The lowest BCUT2D eigenvalue weighted by atomic mass is 9.72. The Balaban J connectivity index is 0.000000626. The van der Waals surface area contributed by atoms with E-state index in [2.05, 4.69) is 26.6 Å². The highest BCUT2D eigenvalue weighted by Gasteiger charge is 2.44. The van der Waals surface area contributed by atoms with Crippen LogP contribution in [0.2, 0.25) is 0 Å². The van der Waals surface area contributed by atoms with Gasteiger partial charge in [-0.25, -0.2) is 19.2 Å². The molecule has 2 fully saturated rings. The van der Waals surface area contributed by atoms with Crippen LogP contribution < -0.4 is 26.6 Å². The van der Waals surface area contributed by atoms with E-state index in [1.807, 2.05) is 36.4 Å². The minimum absolute atomic E-state index is 0. The summed E-state index contributed by atoms with van der Waals surface area (Å²) in [6.45, 7) is 11.1. The highest BCUT2D eigenvalue weighted by Crippen LogP contribution is 2.37. The van der Waals surface area contributed by atoms with E-state index in [9.17, 15) is 38.4 Å².